The quantitative estimate of drug-likeness (QED) is 0.834. The van der Waals surface area contributed by atoms with Crippen molar-refractivity contribution in [2.24, 2.45) is 5.73 Å². The molecule has 0 spiro atoms. The number of ether oxygens (including phenoxy) is 1. The molecule has 4 nitrogen and oxygen atoms in total. The van der Waals surface area contributed by atoms with Gasteiger partial charge in [0.25, 0.3) is 0 Å². The lowest BCUT2D eigenvalue weighted by molar-refractivity contribution is 0.454. The molecular weight excluding hydrogens is 209 g/mol. The lowest BCUT2D eigenvalue weighted by Crippen LogP contribution is -2.00. The highest BCUT2D eigenvalue weighted by atomic mass is 19.1. The molecular formula is C11H12FN3O. The van der Waals surface area contributed by atoms with Gasteiger partial charge in [0.2, 0.25) is 5.88 Å². The van der Waals surface area contributed by atoms with E-state index in [-0.39, 0.29) is 12.4 Å². The molecule has 0 fully saturated rings. The number of nitrogens with two attached hydrogens (primary N) is 1. The van der Waals surface area contributed by atoms with Crippen molar-refractivity contribution < 1.29 is 9.13 Å². The number of aromatic nitrogens is 2. The van der Waals surface area contributed by atoms with E-state index in [4.69, 9.17) is 10.5 Å². The molecule has 0 aliphatic heterocycles. The van der Waals surface area contributed by atoms with Crippen molar-refractivity contribution in [2.75, 3.05) is 0 Å². The Kier molecular flexibility index (Phi) is 2.87. The zero-order valence-corrected chi connectivity index (χ0v) is 8.83. The number of hydrogen-bond acceptors (Lipinski definition) is 3. The van der Waals surface area contributed by atoms with Crippen LogP contribution in [-0.2, 0) is 6.54 Å². The summed E-state index contributed by atoms with van der Waals surface area (Å²) in [6, 6.07) is 5.98. The average molecular weight is 221 g/mol. The fourth-order valence-corrected chi connectivity index (χ4v) is 1.37. The lowest BCUT2D eigenvalue weighted by atomic mass is 10.2. The van der Waals surface area contributed by atoms with Crippen LogP contribution in [0.25, 0.3) is 0 Å². The van der Waals surface area contributed by atoms with Crippen LogP contribution in [0.2, 0.25) is 0 Å². The first-order valence-corrected chi connectivity index (χ1v) is 4.87. The third-order valence-corrected chi connectivity index (χ3v) is 2.14. The topological polar surface area (TPSA) is 63.9 Å². The van der Waals surface area contributed by atoms with Crippen LogP contribution in [0.3, 0.4) is 0 Å². The Hall–Kier alpha value is -1.88. The number of rotatable bonds is 3. The van der Waals surface area contributed by atoms with Crippen LogP contribution in [0, 0.1) is 12.7 Å². The maximum absolute atomic E-state index is 12.9. The van der Waals surface area contributed by atoms with Gasteiger partial charge in [0.15, 0.2) is 0 Å². The zero-order valence-electron chi connectivity index (χ0n) is 8.83. The average Bonchev–Trinajstić information content (AvgIpc) is 2.67. The van der Waals surface area contributed by atoms with E-state index < -0.39 is 0 Å². The first-order valence-electron chi connectivity index (χ1n) is 4.87. The first kappa shape index (κ1) is 10.6. The first-order chi connectivity index (χ1) is 7.69. The summed E-state index contributed by atoms with van der Waals surface area (Å²) in [6.45, 7) is 2.09. The summed E-state index contributed by atoms with van der Waals surface area (Å²) in [5.74, 6) is 0.639. The summed E-state index contributed by atoms with van der Waals surface area (Å²) in [7, 11) is 0. The van der Waals surface area contributed by atoms with Crippen molar-refractivity contribution >= 4 is 0 Å². The van der Waals surface area contributed by atoms with Gasteiger partial charge in [0.05, 0.1) is 0 Å². The Morgan fingerprint density at radius 1 is 1.44 bits per heavy atom. The van der Waals surface area contributed by atoms with Gasteiger partial charge in [-0.1, -0.05) is 0 Å². The number of H-pyrrole nitrogens is 1. The monoisotopic (exact) mass is 221 g/mol. The fraction of sp³-hybridized carbons (Fsp3) is 0.182. The maximum atomic E-state index is 12.9. The molecule has 1 aromatic carbocycles. The molecule has 2 aromatic rings. The molecule has 0 unspecified atom stereocenters. The van der Waals surface area contributed by atoms with Gasteiger partial charge in [-0.2, -0.15) is 0 Å². The SMILES string of the molecule is Cc1cc(Oc2ccc(F)cc2CN)n[nH]1. The normalized spacial score (nSPS) is 10.4. The van der Waals surface area contributed by atoms with Gasteiger partial charge in [0, 0.05) is 23.9 Å². The minimum atomic E-state index is -0.328. The number of hydrogen-bond donors (Lipinski definition) is 2. The maximum Gasteiger partial charge on any atom is 0.238 e. The van der Waals surface area contributed by atoms with E-state index in [9.17, 15) is 4.39 Å². The minimum absolute atomic E-state index is 0.219. The molecule has 1 aromatic heterocycles. The molecule has 0 radical (unpaired) electrons. The Morgan fingerprint density at radius 3 is 2.88 bits per heavy atom. The van der Waals surface area contributed by atoms with Crippen LogP contribution in [0.5, 0.6) is 11.6 Å². The standard InChI is InChI=1S/C11H12FN3O/c1-7-4-11(15-14-7)16-10-3-2-9(12)5-8(10)6-13/h2-5H,6,13H2,1H3,(H,14,15). The van der Waals surface area contributed by atoms with Crippen LogP contribution in [0.4, 0.5) is 4.39 Å². The highest BCUT2D eigenvalue weighted by Crippen LogP contribution is 2.24. The van der Waals surface area contributed by atoms with Gasteiger partial charge in [0.1, 0.15) is 11.6 Å². The Morgan fingerprint density at radius 2 is 2.25 bits per heavy atom. The summed E-state index contributed by atoms with van der Waals surface area (Å²) in [5.41, 5.74) is 7.01. The van der Waals surface area contributed by atoms with E-state index in [2.05, 4.69) is 10.2 Å². The highest BCUT2D eigenvalue weighted by Gasteiger charge is 2.06. The fourth-order valence-electron chi connectivity index (χ4n) is 1.37. The van der Waals surface area contributed by atoms with Crippen molar-refractivity contribution in [2.45, 2.75) is 13.5 Å². The summed E-state index contributed by atoms with van der Waals surface area (Å²) >= 11 is 0. The smallest absolute Gasteiger partial charge is 0.238 e. The van der Waals surface area contributed by atoms with E-state index in [0.29, 0.717) is 17.2 Å². The second kappa shape index (κ2) is 4.32. The number of aromatic amines is 1. The largest absolute Gasteiger partial charge is 0.437 e. The molecule has 0 amide bonds. The summed E-state index contributed by atoms with van der Waals surface area (Å²) < 4.78 is 18.4. The molecule has 2 rings (SSSR count). The van der Waals surface area contributed by atoms with E-state index >= 15 is 0 Å². The van der Waals surface area contributed by atoms with Crippen LogP contribution in [0.15, 0.2) is 24.3 Å². The molecule has 0 atom stereocenters. The molecule has 0 saturated heterocycles. The molecule has 5 heteroatoms. The van der Waals surface area contributed by atoms with Crippen molar-refractivity contribution in [3.8, 4) is 11.6 Å². The zero-order chi connectivity index (χ0) is 11.5. The van der Waals surface area contributed by atoms with E-state index in [1.165, 1.54) is 12.1 Å². The Balaban J connectivity index is 2.27. The molecule has 84 valence electrons. The molecule has 0 aliphatic rings. The summed E-state index contributed by atoms with van der Waals surface area (Å²) in [4.78, 5) is 0. The van der Waals surface area contributed by atoms with Crippen LogP contribution in [0.1, 0.15) is 11.3 Å². The number of halogens is 1. The molecule has 0 aliphatic carbocycles. The molecule has 0 saturated carbocycles. The van der Waals surface area contributed by atoms with Crippen molar-refractivity contribution in [1.82, 2.24) is 10.2 Å². The second-order valence-electron chi connectivity index (χ2n) is 3.45. The third kappa shape index (κ3) is 2.20. The molecule has 16 heavy (non-hydrogen) atoms. The molecule has 0 bridgehead atoms. The van der Waals surface area contributed by atoms with Gasteiger partial charge in [-0.15, -0.1) is 5.10 Å². The van der Waals surface area contributed by atoms with Crippen molar-refractivity contribution in [3.05, 3.63) is 41.3 Å². The number of benzene rings is 1. The predicted molar refractivity (Wildman–Crippen MR) is 57.7 cm³/mol. The summed E-state index contributed by atoms with van der Waals surface area (Å²) in [5, 5.41) is 6.68. The predicted octanol–water partition coefficient (Wildman–Crippen LogP) is 2.11. The van der Waals surface area contributed by atoms with Gasteiger partial charge >= 0.3 is 0 Å². The van der Waals surface area contributed by atoms with E-state index in [1.54, 1.807) is 12.1 Å². The lowest BCUT2D eigenvalue weighted by Gasteiger charge is -2.07. The van der Waals surface area contributed by atoms with E-state index in [1.807, 2.05) is 6.92 Å². The number of nitrogens with one attached hydrogen (secondary N) is 1. The third-order valence-electron chi connectivity index (χ3n) is 2.14. The minimum Gasteiger partial charge on any atom is -0.437 e. The van der Waals surface area contributed by atoms with Gasteiger partial charge in [-0.05, 0) is 25.1 Å². The van der Waals surface area contributed by atoms with Crippen molar-refractivity contribution in [1.29, 1.82) is 0 Å². The molecule has 3 N–H and O–H groups in total. The van der Waals surface area contributed by atoms with Crippen LogP contribution >= 0.6 is 0 Å². The van der Waals surface area contributed by atoms with Gasteiger partial charge in [-0.3, -0.25) is 5.10 Å². The molecule has 1 heterocycles. The number of nitrogens with zero attached hydrogens (tertiary/aromatic N) is 1. The highest BCUT2D eigenvalue weighted by molar-refractivity contribution is 5.36. The Bertz CT molecular complexity index is 496. The van der Waals surface area contributed by atoms with E-state index in [0.717, 1.165) is 5.69 Å². The Labute approximate surface area is 92.2 Å². The van der Waals surface area contributed by atoms with Crippen molar-refractivity contribution in [3.63, 3.8) is 0 Å². The van der Waals surface area contributed by atoms with Gasteiger partial charge in [-0.25, -0.2) is 4.39 Å². The number of aryl methyl sites for hydroxylation is 1. The second-order valence-corrected chi connectivity index (χ2v) is 3.45. The van der Waals surface area contributed by atoms with Crippen LogP contribution in [-0.4, -0.2) is 10.2 Å². The van der Waals surface area contributed by atoms with Gasteiger partial charge < -0.3 is 10.5 Å². The summed E-state index contributed by atoms with van der Waals surface area (Å²) in [6.07, 6.45) is 0. The van der Waals surface area contributed by atoms with Crippen LogP contribution < -0.4 is 10.5 Å².